The second-order valence-corrected chi connectivity index (χ2v) is 9.18. The van der Waals surface area contributed by atoms with Gasteiger partial charge in [0.2, 0.25) is 15.9 Å². The van der Waals surface area contributed by atoms with E-state index in [1.54, 1.807) is 36.7 Å². The van der Waals surface area contributed by atoms with Crippen molar-refractivity contribution in [2.45, 2.75) is 4.90 Å². The molecule has 9 nitrogen and oxygen atoms in total. The van der Waals surface area contributed by atoms with Crippen LogP contribution >= 0.6 is 0 Å². The summed E-state index contributed by atoms with van der Waals surface area (Å²) in [5, 5.41) is 11.3. The zero-order valence-corrected chi connectivity index (χ0v) is 17.9. The molecule has 1 aliphatic rings. The fourth-order valence-corrected chi connectivity index (χ4v) is 4.91. The Bertz CT molecular complexity index is 1320. The Balaban J connectivity index is 1.40. The van der Waals surface area contributed by atoms with Crippen LogP contribution in [0.2, 0.25) is 0 Å². The molecule has 0 unspecified atom stereocenters. The predicted octanol–water partition coefficient (Wildman–Crippen LogP) is 2.45. The van der Waals surface area contributed by atoms with Gasteiger partial charge in [0.1, 0.15) is 5.69 Å². The molecule has 3 heterocycles. The van der Waals surface area contributed by atoms with E-state index in [2.05, 4.69) is 25.5 Å². The van der Waals surface area contributed by atoms with Crippen LogP contribution in [0.1, 0.15) is 0 Å². The number of benzene rings is 2. The van der Waals surface area contributed by atoms with Gasteiger partial charge in [0.05, 0.1) is 23.0 Å². The maximum atomic E-state index is 12.8. The van der Waals surface area contributed by atoms with E-state index in [4.69, 9.17) is 4.42 Å². The van der Waals surface area contributed by atoms with Gasteiger partial charge in [-0.2, -0.15) is 4.31 Å². The smallest absolute Gasteiger partial charge is 0.268 e. The summed E-state index contributed by atoms with van der Waals surface area (Å²) in [5.74, 6) is 0.659. The number of nitrogens with zero attached hydrogens (tertiary/aromatic N) is 5. The zero-order chi connectivity index (χ0) is 22.0. The molecule has 0 aliphatic carbocycles. The maximum absolute atomic E-state index is 12.8. The lowest BCUT2D eigenvalue weighted by Crippen LogP contribution is -2.46. The monoisotopic (exact) mass is 448 g/mol. The number of hydrogen-bond donors (Lipinski definition) is 1. The molecule has 1 fully saturated rings. The highest BCUT2D eigenvalue weighted by Gasteiger charge is 2.25. The molecule has 1 N–H and O–H groups in total. The molecule has 32 heavy (non-hydrogen) atoms. The summed E-state index contributed by atoms with van der Waals surface area (Å²) in [6, 6.07) is 16.1. The molecule has 0 atom stereocenters. The minimum absolute atomic E-state index is 0.260. The summed E-state index contributed by atoms with van der Waals surface area (Å²) in [5.41, 5.74) is 2.57. The first-order chi connectivity index (χ1) is 15.6. The van der Waals surface area contributed by atoms with Crippen molar-refractivity contribution >= 4 is 10.0 Å². The first-order valence-electron chi connectivity index (χ1n) is 10.1. The van der Waals surface area contributed by atoms with Crippen LogP contribution in [0.25, 0.3) is 34.3 Å². The summed E-state index contributed by atoms with van der Waals surface area (Å²) in [4.78, 5) is 9.08. The molecular formula is C22H20N6O3S. The molecule has 0 radical (unpaired) electrons. The van der Waals surface area contributed by atoms with E-state index in [0.717, 1.165) is 11.1 Å². The average molecular weight is 449 g/mol. The molecule has 10 heteroatoms. The third-order valence-corrected chi connectivity index (χ3v) is 7.08. The van der Waals surface area contributed by atoms with Gasteiger partial charge in [-0.3, -0.25) is 4.98 Å². The third-order valence-electron chi connectivity index (χ3n) is 5.16. The lowest BCUT2D eigenvalue weighted by Gasteiger charge is -2.26. The van der Waals surface area contributed by atoms with Crippen LogP contribution in [0.3, 0.4) is 0 Å². The first-order valence-corrected chi connectivity index (χ1v) is 11.6. The molecule has 2 aromatic heterocycles. The van der Waals surface area contributed by atoms with Gasteiger partial charge >= 0.3 is 0 Å². The highest BCUT2D eigenvalue weighted by atomic mass is 32.2. The Morgan fingerprint density at radius 1 is 0.812 bits per heavy atom. The molecule has 162 valence electrons. The lowest BCUT2D eigenvalue weighted by molar-refractivity contribution is 0.360. The molecule has 1 saturated heterocycles. The topological polar surface area (TPSA) is 114 Å². The van der Waals surface area contributed by atoms with Crippen LogP contribution < -0.4 is 5.32 Å². The number of hydrogen-bond acceptors (Lipinski definition) is 8. The fourth-order valence-electron chi connectivity index (χ4n) is 3.46. The number of aromatic nitrogens is 4. The summed E-state index contributed by atoms with van der Waals surface area (Å²) in [7, 11) is -3.51. The van der Waals surface area contributed by atoms with Gasteiger partial charge in [0.15, 0.2) is 0 Å². The molecule has 2 aromatic carbocycles. The van der Waals surface area contributed by atoms with E-state index in [1.807, 2.05) is 30.3 Å². The van der Waals surface area contributed by atoms with Crippen molar-refractivity contribution in [2.75, 3.05) is 26.2 Å². The summed E-state index contributed by atoms with van der Waals surface area (Å²) >= 11 is 0. The van der Waals surface area contributed by atoms with E-state index in [9.17, 15) is 8.42 Å². The predicted molar refractivity (Wildman–Crippen MR) is 118 cm³/mol. The highest BCUT2D eigenvalue weighted by Crippen LogP contribution is 2.25. The molecule has 5 rings (SSSR count). The van der Waals surface area contributed by atoms with Gasteiger partial charge in [-0.1, -0.05) is 30.3 Å². The van der Waals surface area contributed by atoms with Gasteiger partial charge in [0.25, 0.3) is 5.89 Å². The van der Waals surface area contributed by atoms with Crippen LogP contribution in [0.15, 0.2) is 76.3 Å². The molecule has 0 spiro atoms. The normalized spacial score (nSPS) is 15.0. The van der Waals surface area contributed by atoms with Crippen molar-refractivity contribution < 1.29 is 12.8 Å². The Hall–Kier alpha value is -3.47. The number of nitrogens with one attached hydrogen (secondary N) is 1. The summed E-state index contributed by atoms with van der Waals surface area (Å²) < 4.78 is 32.9. The zero-order valence-electron chi connectivity index (χ0n) is 17.0. The Kier molecular flexibility index (Phi) is 5.48. The Labute approximate surface area is 185 Å². The van der Waals surface area contributed by atoms with E-state index in [-0.39, 0.29) is 10.8 Å². The van der Waals surface area contributed by atoms with Crippen molar-refractivity contribution in [3.05, 3.63) is 67.0 Å². The van der Waals surface area contributed by atoms with E-state index >= 15 is 0 Å². The van der Waals surface area contributed by atoms with Gasteiger partial charge < -0.3 is 9.73 Å². The molecule has 0 bridgehead atoms. The van der Waals surface area contributed by atoms with Crippen LogP contribution in [0.4, 0.5) is 0 Å². The van der Waals surface area contributed by atoms with Gasteiger partial charge in [0, 0.05) is 37.3 Å². The Morgan fingerprint density at radius 2 is 1.50 bits per heavy atom. The summed E-state index contributed by atoms with van der Waals surface area (Å²) in [6.07, 6.45) is 3.16. The number of rotatable bonds is 5. The molecule has 4 aromatic rings. The van der Waals surface area contributed by atoms with Crippen LogP contribution in [-0.4, -0.2) is 59.1 Å². The lowest BCUT2D eigenvalue weighted by atomic mass is 10.1. The van der Waals surface area contributed by atoms with Crippen molar-refractivity contribution in [1.82, 2.24) is 29.8 Å². The van der Waals surface area contributed by atoms with Gasteiger partial charge in [-0.05, 0) is 24.3 Å². The number of sulfonamides is 1. The Morgan fingerprint density at radius 3 is 2.25 bits per heavy atom. The van der Waals surface area contributed by atoms with Crippen molar-refractivity contribution in [3.63, 3.8) is 0 Å². The largest absolute Gasteiger partial charge is 0.415 e. The van der Waals surface area contributed by atoms with Crippen molar-refractivity contribution in [3.8, 4) is 34.3 Å². The van der Waals surface area contributed by atoms with Crippen molar-refractivity contribution in [2.24, 2.45) is 0 Å². The van der Waals surface area contributed by atoms with Crippen LogP contribution in [0, 0.1) is 0 Å². The van der Waals surface area contributed by atoms with Crippen LogP contribution in [0.5, 0.6) is 0 Å². The second kappa shape index (κ2) is 8.58. The van der Waals surface area contributed by atoms with E-state index in [1.165, 1.54) is 4.31 Å². The van der Waals surface area contributed by atoms with Gasteiger partial charge in [-0.25, -0.2) is 13.4 Å². The molecule has 0 saturated carbocycles. The quantitative estimate of drug-likeness (QED) is 0.495. The third kappa shape index (κ3) is 4.03. The average Bonchev–Trinajstić information content (AvgIpc) is 3.36. The first kappa shape index (κ1) is 20.4. The highest BCUT2D eigenvalue weighted by molar-refractivity contribution is 7.89. The molecular weight excluding hydrogens is 428 g/mol. The maximum Gasteiger partial charge on any atom is 0.268 e. The standard InChI is InChI=1S/C22H20N6O3S/c29-32(30,28-12-10-23-11-13-28)18-8-6-16(7-9-18)19-14-24-15-20(25-19)22-27-26-21(31-22)17-4-2-1-3-5-17/h1-9,14-15,23H,10-13H2. The van der Waals surface area contributed by atoms with Crippen LogP contribution in [-0.2, 0) is 10.0 Å². The fraction of sp³-hybridized carbons (Fsp3) is 0.182. The van der Waals surface area contributed by atoms with E-state index < -0.39 is 10.0 Å². The molecule has 0 amide bonds. The summed E-state index contributed by atoms with van der Waals surface area (Å²) in [6.45, 7) is 2.24. The number of piperazine rings is 1. The molecule has 1 aliphatic heterocycles. The van der Waals surface area contributed by atoms with Crippen molar-refractivity contribution in [1.29, 1.82) is 0 Å². The minimum atomic E-state index is -3.51. The van der Waals surface area contributed by atoms with Gasteiger partial charge in [-0.15, -0.1) is 10.2 Å². The van der Waals surface area contributed by atoms with E-state index in [0.29, 0.717) is 43.5 Å². The second-order valence-electron chi connectivity index (χ2n) is 7.25. The minimum Gasteiger partial charge on any atom is -0.415 e. The SMILES string of the molecule is O=S(=O)(c1ccc(-c2cncc(-c3nnc(-c4ccccc4)o3)n2)cc1)N1CCNCC1.